The number of hydrogen-bond acceptors (Lipinski definition) is 3. The van der Waals surface area contributed by atoms with Crippen LogP contribution in [-0.4, -0.2) is 17.0 Å². The van der Waals surface area contributed by atoms with Gasteiger partial charge in [-0.15, -0.1) is 0 Å². The molecule has 0 radical (unpaired) electrons. The predicted octanol–water partition coefficient (Wildman–Crippen LogP) is 5.42. The molecule has 0 atom stereocenters. The highest BCUT2D eigenvalue weighted by Gasteiger charge is 2.21. The van der Waals surface area contributed by atoms with Gasteiger partial charge in [-0.2, -0.15) is 0 Å². The third-order valence-electron chi connectivity index (χ3n) is 4.41. The summed E-state index contributed by atoms with van der Waals surface area (Å²) in [6.45, 7) is 0. The van der Waals surface area contributed by atoms with Crippen LogP contribution in [0.15, 0.2) is 72.8 Å². The Labute approximate surface area is 150 Å². The maximum atomic E-state index is 11.4. The second-order valence-corrected chi connectivity index (χ2v) is 5.93. The Morgan fingerprint density at radius 2 is 1.54 bits per heavy atom. The van der Waals surface area contributed by atoms with Crippen molar-refractivity contribution in [1.82, 2.24) is 4.98 Å². The zero-order valence-electron chi connectivity index (χ0n) is 14.1. The van der Waals surface area contributed by atoms with E-state index in [1.807, 2.05) is 60.7 Å². The van der Waals surface area contributed by atoms with E-state index in [4.69, 9.17) is 4.74 Å². The Hall–Kier alpha value is -3.60. The minimum Gasteiger partial charge on any atom is -0.494 e. The number of rotatable bonds is 4. The van der Waals surface area contributed by atoms with E-state index in [2.05, 4.69) is 4.98 Å². The summed E-state index contributed by atoms with van der Waals surface area (Å²) in [6.07, 6.45) is 0. The molecule has 0 aliphatic heterocycles. The molecule has 1 aromatic heterocycles. The molecule has 5 nitrogen and oxygen atoms in total. The molecule has 3 aromatic carbocycles. The number of fused-ring (bicyclic) bond motifs is 1. The second-order valence-electron chi connectivity index (χ2n) is 5.93. The number of hydrogen-bond donors (Lipinski definition) is 1. The number of non-ortho nitro benzene ring substituents is 1. The molecule has 1 N–H and O–H groups in total. The summed E-state index contributed by atoms with van der Waals surface area (Å²) in [5.74, 6) is 0.452. The summed E-state index contributed by atoms with van der Waals surface area (Å²) >= 11 is 0. The highest BCUT2D eigenvalue weighted by molar-refractivity contribution is 6.06. The van der Waals surface area contributed by atoms with E-state index in [1.165, 1.54) is 13.2 Å². The van der Waals surface area contributed by atoms with Crippen molar-refractivity contribution in [2.24, 2.45) is 0 Å². The van der Waals surface area contributed by atoms with Crippen molar-refractivity contribution in [1.29, 1.82) is 0 Å². The van der Waals surface area contributed by atoms with E-state index in [0.717, 1.165) is 33.3 Å². The molecule has 0 aliphatic rings. The van der Waals surface area contributed by atoms with Gasteiger partial charge in [-0.1, -0.05) is 60.7 Å². The van der Waals surface area contributed by atoms with Crippen molar-refractivity contribution in [2.75, 3.05) is 7.11 Å². The smallest absolute Gasteiger partial charge is 0.273 e. The van der Waals surface area contributed by atoms with Gasteiger partial charge in [-0.05, 0) is 11.1 Å². The van der Waals surface area contributed by atoms with E-state index in [0.29, 0.717) is 5.75 Å². The van der Waals surface area contributed by atoms with Crippen LogP contribution in [0, 0.1) is 10.1 Å². The number of H-pyrrole nitrogens is 1. The molecule has 5 heteroatoms. The molecule has 26 heavy (non-hydrogen) atoms. The molecule has 1 heterocycles. The van der Waals surface area contributed by atoms with Crippen molar-refractivity contribution in [3.8, 4) is 28.1 Å². The van der Waals surface area contributed by atoms with Gasteiger partial charge in [-0.3, -0.25) is 10.1 Å². The molecule has 0 spiro atoms. The van der Waals surface area contributed by atoms with E-state index < -0.39 is 4.92 Å². The number of ether oxygens (including phenoxy) is 1. The maximum Gasteiger partial charge on any atom is 0.273 e. The summed E-state index contributed by atoms with van der Waals surface area (Å²) in [5.41, 5.74) is 4.58. The molecule has 0 unspecified atom stereocenters. The highest BCUT2D eigenvalue weighted by Crippen LogP contribution is 2.42. The fourth-order valence-electron chi connectivity index (χ4n) is 3.24. The van der Waals surface area contributed by atoms with E-state index in [1.54, 1.807) is 6.07 Å². The molecular weight excluding hydrogens is 328 g/mol. The van der Waals surface area contributed by atoms with Crippen molar-refractivity contribution in [3.63, 3.8) is 0 Å². The number of nitro groups is 1. The molecule has 0 saturated heterocycles. The highest BCUT2D eigenvalue weighted by atomic mass is 16.6. The topological polar surface area (TPSA) is 68.2 Å². The number of nitrogens with zero attached hydrogens (tertiary/aromatic N) is 1. The first-order valence-corrected chi connectivity index (χ1v) is 8.18. The zero-order valence-corrected chi connectivity index (χ0v) is 14.1. The third-order valence-corrected chi connectivity index (χ3v) is 4.41. The summed E-state index contributed by atoms with van der Waals surface area (Å²) < 4.78 is 5.42. The van der Waals surface area contributed by atoms with Crippen molar-refractivity contribution in [3.05, 3.63) is 82.9 Å². The lowest BCUT2D eigenvalue weighted by molar-refractivity contribution is -0.384. The van der Waals surface area contributed by atoms with Gasteiger partial charge in [-0.25, -0.2) is 0 Å². The number of aromatic nitrogens is 1. The summed E-state index contributed by atoms with van der Waals surface area (Å²) in [7, 11) is 1.52. The number of nitro benzene ring substituents is 1. The fourth-order valence-corrected chi connectivity index (χ4v) is 3.24. The minimum absolute atomic E-state index is 0.00476. The molecule has 0 bridgehead atoms. The fraction of sp³-hybridized carbons (Fsp3) is 0.0476. The third kappa shape index (κ3) is 2.59. The Kier molecular flexibility index (Phi) is 3.89. The van der Waals surface area contributed by atoms with Crippen molar-refractivity contribution < 1.29 is 9.66 Å². The van der Waals surface area contributed by atoms with Gasteiger partial charge in [0, 0.05) is 17.0 Å². The second kappa shape index (κ2) is 6.37. The largest absolute Gasteiger partial charge is 0.494 e. The van der Waals surface area contributed by atoms with Gasteiger partial charge in [0.25, 0.3) is 5.69 Å². The Bertz CT molecular complexity index is 1090. The molecular formula is C21H16N2O3. The van der Waals surface area contributed by atoms with Crippen molar-refractivity contribution in [2.45, 2.75) is 0 Å². The van der Waals surface area contributed by atoms with Crippen molar-refractivity contribution >= 4 is 16.6 Å². The molecule has 0 amide bonds. The molecule has 4 aromatic rings. The summed E-state index contributed by atoms with van der Waals surface area (Å²) in [6, 6.07) is 22.8. The van der Waals surface area contributed by atoms with Crippen LogP contribution in [0.5, 0.6) is 5.75 Å². The lowest BCUT2D eigenvalue weighted by Crippen LogP contribution is -1.91. The van der Waals surface area contributed by atoms with Gasteiger partial charge >= 0.3 is 0 Å². The van der Waals surface area contributed by atoms with Crippen LogP contribution in [0.2, 0.25) is 0 Å². The molecule has 0 aliphatic carbocycles. The number of nitrogens with one attached hydrogen (secondary N) is 1. The number of methoxy groups -OCH3 is 1. The minimum atomic E-state index is -0.397. The van der Waals surface area contributed by atoms with Crippen LogP contribution >= 0.6 is 0 Å². The zero-order chi connectivity index (χ0) is 18.1. The Balaban J connectivity index is 2.12. The number of aromatic amines is 1. The molecule has 0 fully saturated rings. The van der Waals surface area contributed by atoms with Crippen LogP contribution in [0.4, 0.5) is 5.69 Å². The average Bonchev–Trinajstić information content (AvgIpc) is 3.08. The predicted molar refractivity (Wildman–Crippen MR) is 102 cm³/mol. The average molecular weight is 344 g/mol. The molecule has 128 valence electrons. The van der Waals surface area contributed by atoms with E-state index in [-0.39, 0.29) is 5.69 Å². The Morgan fingerprint density at radius 3 is 2.12 bits per heavy atom. The van der Waals surface area contributed by atoms with Crippen LogP contribution < -0.4 is 4.74 Å². The van der Waals surface area contributed by atoms with Gasteiger partial charge in [0.2, 0.25) is 0 Å². The summed E-state index contributed by atoms with van der Waals surface area (Å²) in [4.78, 5) is 14.4. The SMILES string of the molecule is COc1cc([N+](=O)[O-])cc2c(-c3ccccc3)c(-c3ccccc3)[nH]c12. The summed E-state index contributed by atoms with van der Waals surface area (Å²) in [5, 5.41) is 12.1. The van der Waals surface area contributed by atoms with Crippen LogP contribution in [0.1, 0.15) is 0 Å². The van der Waals surface area contributed by atoms with Gasteiger partial charge in [0.15, 0.2) is 0 Å². The maximum absolute atomic E-state index is 11.4. The number of benzene rings is 3. The Morgan fingerprint density at radius 1 is 0.923 bits per heavy atom. The van der Waals surface area contributed by atoms with E-state index in [9.17, 15) is 10.1 Å². The lowest BCUT2D eigenvalue weighted by Gasteiger charge is -2.06. The first-order valence-electron chi connectivity index (χ1n) is 8.18. The first-order chi connectivity index (χ1) is 12.7. The first kappa shape index (κ1) is 15.9. The monoisotopic (exact) mass is 344 g/mol. The van der Waals surface area contributed by atoms with E-state index >= 15 is 0 Å². The normalized spacial score (nSPS) is 10.8. The van der Waals surface area contributed by atoms with Crippen LogP contribution in [0.25, 0.3) is 33.3 Å². The van der Waals surface area contributed by atoms with Gasteiger partial charge < -0.3 is 9.72 Å². The standard InChI is InChI=1S/C21H16N2O3/c1-26-18-13-16(23(24)25)12-17-19(14-8-4-2-5-9-14)20(22-21(17)18)15-10-6-3-7-11-15/h2-13,22H,1H3. The molecule has 4 rings (SSSR count). The van der Waals surface area contributed by atoms with Crippen LogP contribution in [-0.2, 0) is 0 Å². The van der Waals surface area contributed by atoms with Gasteiger partial charge in [0.05, 0.1) is 29.3 Å². The van der Waals surface area contributed by atoms with Crippen LogP contribution in [0.3, 0.4) is 0 Å². The molecule has 0 saturated carbocycles. The van der Waals surface area contributed by atoms with Gasteiger partial charge in [0.1, 0.15) is 5.75 Å². The quantitative estimate of drug-likeness (QED) is 0.397. The lowest BCUT2D eigenvalue weighted by atomic mass is 9.98.